The molecule has 0 N–H and O–H groups in total. The van der Waals surface area contributed by atoms with Gasteiger partial charge in [0.25, 0.3) is 0 Å². The summed E-state index contributed by atoms with van der Waals surface area (Å²) in [4.78, 5) is 25.4. The fraction of sp³-hybridized carbons (Fsp3) is 0.860. The summed E-state index contributed by atoms with van der Waals surface area (Å²) in [7, 11) is 0. The Balaban J connectivity index is 4.20. The van der Waals surface area contributed by atoms with Crippen molar-refractivity contribution in [2.24, 2.45) is 0 Å². The van der Waals surface area contributed by atoms with E-state index in [1.54, 1.807) is 0 Å². The number of hydrogen-bond donors (Lipinski definition) is 0. The van der Waals surface area contributed by atoms with Crippen molar-refractivity contribution in [3.05, 3.63) is 36.5 Å². The summed E-state index contributed by atoms with van der Waals surface area (Å²) in [6.07, 6.45) is 64.4. The second kappa shape index (κ2) is 53.5. The van der Waals surface area contributed by atoms with E-state index >= 15 is 0 Å². The molecule has 1 unspecified atom stereocenters. The van der Waals surface area contributed by atoms with Gasteiger partial charge in [-0.15, -0.1) is 0 Å². The molecule has 364 valence electrons. The van der Waals surface area contributed by atoms with Crippen molar-refractivity contribution >= 4 is 11.9 Å². The Bertz CT molecular complexity index is 986. The summed E-state index contributed by atoms with van der Waals surface area (Å²) in [5, 5.41) is 0. The first-order valence-corrected chi connectivity index (χ1v) is 27.5. The topological polar surface area (TPSA) is 61.8 Å². The van der Waals surface area contributed by atoms with Gasteiger partial charge in [-0.3, -0.25) is 9.59 Å². The van der Waals surface area contributed by atoms with E-state index < -0.39 is 6.10 Å². The molecule has 0 aliphatic heterocycles. The molecular weight excluding hydrogens is 765 g/mol. The van der Waals surface area contributed by atoms with Gasteiger partial charge in [0.05, 0.1) is 6.61 Å². The van der Waals surface area contributed by atoms with Crippen LogP contribution in [0.5, 0.6) is 0 Å². The van der Waals surface area contributed by atoms with E-state index in [1.165, 1.54) is 212 Å². The van der Waals surface area contributed by atoms with Crippen LogP contribution < -0.4 is 0 Å². The maximum Gasteiger partial charge on any atom is 0.306 e. The zero-order chi connectivity index (χ0) is 44.9. The van der Waals surface area contributed by atoms with Crippen LogP contribution in [0.25, 0.3) is 0 Å². The number of carbonyl (C=O) groups excluding carboxylic acids is 2. The fourth-order valence-electron chi connectivity index (χ4n) is 8.01. The number of allylic oxidation sites excluding steroid dienone is 6. The zero-order valence-corrected chi connectivity index (χ0v) is 41.9. The number of ether oxygens (including phenoxy) is 3. The maximum atomic E-state index is 12.8. The minimum absolute atomic E-state index is 0.0848. The lowest BCUT2D eigenvalue weighted by atomic mass is 10.1. The minimum atomic E-state index is -0.537. The third kappa shape index (κ3) is 50.8. The van der Waals surface area contributed by atoms with Gasteiger partial charge in [-0.05, 0) is 77.0 Å². The molecule has 0 aromatic rings. The van der Waals surface area contributed by atoms with E-state index in [0.29, 0.717) is 19.4 Å². The second-order valence-corrected chi connectivity index (χ2v) is 18.5. The van der Waals surface area contributed by atoms with Gasteiger partial charge in [-0.1, -0.05) is 237 Å². The lowest BCUT2D eigenvalue weighted by Gasteiger charge is -2.18. The number of carbonyl (C=O) groups is 2. The highest BCUT2D eigenvalue weighted by Gasteiger charge is 2.17. The molecule has 0 rings (SSSR count). The van der Waals surface area contributed by atoms with Gasteiger partial charge in [0, 0.05) is 19.4 Å². The molecule has 0 saturated heterocycles. The lowest BCUT2D eigenvalue weighted by molar-refractivity contribution is -0.163. The van der Waals surface area contributed by atoms with E-state index in [2.05, 4.69) is 57.2 Å². The molecular formula is C57H106O5. The fourth-order valence-corrected chi connectivity index (χ4v) is 8.01. The van der Waals surface area contributed by atoms with E-state index in [9.17, 15) is 9.59 Å². The lowest BCUT2D eigenvalue weighted by Crippen LogP contribution is -2.30. The predicted octanol–water partition coefficient (Wildman–Crippen LogP) is 18.6. The normalized spacial score (nSPS) is 12.4. The molecule has 0 bridgehead atoms. The molecule has 0 fully saturated rings. The molecule has 1 atom stereocenters. The van der Waals surface area contributed by atoms with E-state index in [1.807, 2.05) is 0 Å². The first-order chi connectivity index (χ1) is 30.6. The van der Waals surface area contributed by atoms with Gasteiger partial charge in [0.2, 0.25) is 0 Å². The Labute approximate surface area is 387 Å². The average Bonchev–Trinajstić information content (AvgIpc) is 3.27. The van der Waals surface area contributed by atoms with Crippen molar-refractivity contribution in [3.63, 3.8) is 0 Å². The molecule has 0 aliphatic carbocycles. The monoisotopic (exact) mass is 871 g/mol. The maximum absolute atomic E-state index is 12.8. The molecule has 0 heterocycles. The van der Waals surface area contributed by atoms with Gasteiger partial charge in [0.1, 0.15) is 6.61 Å². The van der Waals surface area contributed by atoms with E-state index in [-0.39, 0.29) is 25.2 Å². The van der Waals surface area contributed by atoms with Crippen molar-refractivity contribution in [3.8, 4) is 0 Å². The molecule has 0 saturated carbocycles. The largest absolute Gasteiger partial charge is 0.462 e. The third-order valence-electron chi connectivity index (χ3n) is 12.1. The minimum Gasteiger partial charge on any atom is -0.462 e. The Morgan fingerprint density at radius 2 is 0.677 bits per heavy atom. The molecule has 5 heteroatoms. The SMILES string of the molecule is CCCCC/C=C\C/C=C\CCCCCCCCOCC(COC(=O)CCCCCCCCCCC/C=C\CCCCCCCC)OC(=O)CCCCCCCCCCCCC. The highest BCUT2D eigenvalue weighted by atomic mass is 16.6. The van der Waals surface area contributed by atoms with Crippen molar-refractivity contribution in [1.29, 1.82) is 0 Å². The van der Waals surface area contributed by atoms with Gasteiger partial charge in [-0.2, -0.15) is 0 Å². The first-order valence-electron chi connectivity index (χ1n) is 27.5. The molecule has 0 aromatic carbocycles. The predicted molar refractivity (Wildman–Crippen MR) is 270 cm³/mol. The van der Waals surface area contributed by atoms with Gasteiger partial charge < -0.3 is 14.2 Å². The van der Waals surface area contributed by atoms with E-state index in [4.69, 9.17) is 14.2 Å². The van der Waals surface area contributed by atoms with Crippen molar-refractivity contribution < 1.29 is 23.8 Å². The molecule has 0 amide bonds. The van der Waals surface area contributed by atoms with Gasteiger partial charge in [-0.25, -0.2) is 0 Å². The van der Waals surface area contributed by atoms with Crippen LogP contribution in [0.4, 0.5) is 0 Å². The average molecular weight is 871 g/mol. The summed E-state index contributed by atoms with van der Waals surface area (Å²) in [6.45, 7) is 7.81. The first kappa shape index (κ1) is 60.1. The summed E-state index contributed by atoms with van der Waals surface area (Å²) < 4.78 is 17.4. The van der Waals surface area contributed by atoms with Crippen molar-refractivity contribution in [2.45, 2.75) is 297 Å². The Morgan fingerprint density at radius 3 is 1.11 bits per heavy atom. The summed E-state index contributed by atoms with van der Waals surface area (Å²) in [6, 6.07) is 0. The smallest absolute Gasteiger partial charge is 0.306 e. The summed E-state index contributed by atoms with van der Waals surface area (Å²) >= 11 is 0. The number of rotatable bonds is 51. The second-order valence-electron chi connectivity index (χ2n) is 18.5. The standard InChI is InChI=1S/C57H106O5/c1-4-7-10-13-16-19-22-24-26-28-29-30-31-33-36-38-41-44-47-50-56(58)61-54-55(62-57(59)51-48-45-42-39-35-21-18-15-12-9-6-3)53-60-52-49-46-43-40-37-34-32-27-25-23-20-17-14-11-8-5-2/h17,20,24-27,55H,4-16,18-19,21-23,28-54H2,1-3H3/b20-17-,26-24-,27-25-. The molecule has 0 aromatic heterocycles. The van der Waals surface area contributed by atoms with Crippen LogP contribution in [0.1, 0.15) is 290 Å². The van der Waals surface area contributed by atoms with Crippen LogP contribution in [0, 0.1) is 0 Å². The molecule has 0 aliphatic rings. The Kier molecular flexibility index (Phi) is 51.8. The zero-order valence-electron chi connectivity index (χ0n) is 41.9. The number of unbranched alkanes of at least 4 members (excludes halogenated alkanes) is 34. The summed E-state index contributed by atoms with van der Waals surface area (Å²) in [5.74, 6) is -0.391. The molecule has 62 heavy (non-hydrogen) atoms. The number of esters is 2. The molecule has 0 radical (unpaired) electrons. The van der Waals surface area contributed by atoms with Crippen LogP contribution in [-0.2, 0) is 23.8 Å². The molecule has 5 nitrogen and oxygen atoms in total. The third-order valence-corrected chi connectivity index (χ3v) is 12.1. The highest BCUT2D eigenvalue weighted by Crippen LogP contribution is 2.15. The van der Waals surface area contributed by atoms with E-state index in [0.717, 1.165) is 44.9 Å². The molecule has 0 spiro atoms. The van der Waals surface area contributed by atoms with Gasteiger partial charge >= 0.3 is 11.9 Å². The van der Waals surface area contributed by atoms with Crippen molar-refractivity contribution in [2.75, 3.05) is 19.8 Å². The van der Waals surface area contributed by atoms with Crippen LogP contribution in [0.3, 0.4) is 0 Å². The highest BCUT2D eigenvalue weighted by molar-refractivity contribution is 5.70. The van der Waals surface area contributed by atoms with Crippen LogP contribution in [0.15, 0.2) is 36.5 Å². The number of hydrogen-bond acceptors (Lipinski definition) is 5. The summed E-state index contributed by atoms with van der Waals surface area (Å²) in [5.41, 5.74) is 0. The van der Waals surface area contributed by atoms with Crippen molar-refractivity contribution in [1.82, 2.24) is 0 Å². The van der Waals surface area contributed by atoms with Gasteiger partial charge in [0.15, 0.2) is 6.10 Å². The quantitative estimate of drug-likeness (QED) is 0.0346. The van der Waals surface area contributed by atoms with Crippen LogP contribution >= 0.6 is 0 Å². The Morgan fingerprint density at radius 1 is 0.355 bits per heavy atom. The Hall–Kier alpha value is -1.88. The van der Waals surface area contributed by atoms with Crippen LogP contribution in [0.2, 0.25) is 0 Å². The van der Waals surface area contributed by atoms with Crippen LogP contribution in [-0.4, -0.2) is 37.9 Å².